The van der Waals surface area contributed by atoms with E-state index in [-0.39, 0.29) is 129 Å². The molecule has 0 saturated carbocycles. The van der Waals surface area contributed by atoms with Crippen molar-refractivity contribution in [2.24, 2.45) is 11.5 Å². The second-order valence-corrected chi connectivity index (χ2v) is 2.65. The molecule has 0 heterocycles. The summed E-state index contributed by atoms with van der Waals surface area (Å²) in [4.78, 5) is 36.0. The summed E-state index contributed by atoms with van der Waals surface area (Å²) in [5, 5.41) is 29.7. The Labute approximate surface area is 241 Å². The Hall–Kier alpha value is 1.72. The molecule has 0 aliphatic rings. The minimum atomic E-state index is -0.833. The van der Waals surface area contributed by atoms with E-state index in [2.05, 4.69) is 0 Å². The molecule has 0 amide bonds. The minimum Gasteiger partial charge on any atom is -0.481 e. The SMILES string of the molecule is CC(=O)O.CC(=O)O.CC(=O)O.CC(=O)O.NCCN.O.O.[Na].[Na].[Na].[Na]. The molecule has 0 spiro atoms. The third kappa shape index (κ3) is 2120. The fourth-order valence-electron chi connectivity index (χ4n) is 0. The average Bonchev–Trinajstić information content (AvgIpc) is 2.13. The molecule has 142 valence electrons. The third-order valence-electron chi connectivity index (χ3n) is 0.167. The van der Waals surface area contributed by atoms with Gasteiger partial charge in [-0.3, -0.25) is 19.2 Å². The van der Waals surface area contributed by atoms with Crippen molar-refractivity contribution in [3.8, 4) is 0 Å². The van der Waals surface area contributed by atoms with Crippen molar-refractivity contribution >= 4 is 142 Å². The Bertz CT molecular complexity index is 208. The van der Waals surface area contributed by atoms with Gasteiger partial charge in [-0.15, -0.1) is 0 Å². The van der Waals surface area contributed by atoms with Crippen LogP contribution in [-0.4, -0.2) is 187 Å². The van der Waals surface area contributed by atoms with E-state index in [1.54, 1.807) is 0 Å². The zero-order valence-electron chi connectivity index (χ0n) is 17.0. The van der Waals surface area contributed by atoms with Crippen molar-refractivity contribution < 1.29 is 50.6 Å². The summed E-state index contributed by atoms with van der Waals surface area (Å²) in [6.45, 7) is 5.53. The smallest absolute Gasteiger partial charge is 0.300 e. The van der Waals surface area contributed by atoms with Crippen molar-refractivity contribution in [3.05, 3.63) is 0 Å². The first-order chi connectivity index (χ1) is 8.84. The van der Waals surface area contributed by atoms with Crippen LogP contribution >= 0.6 is 0 Å². The van der Waals surface area contributed by atoms with Crippen LogP contribution in [0.1, 0.15) is 27.7 Å². The maximum atomic E-state index is 9.00. The number of rotatable bonds is 1. The van der Waals surface area contributed by atoms with Crippen LogP contribution in [0.5, 0.6) is 0 Å². The summed E-state index contributed by atoms with van der Waals surface area (Å²) >= 11 is 0. The zero-order valence-corrected chi connectivity index (χ0v) is 25.0. The number of carbonyl (C=O) groups is 4. The fraction of sp³-hybridized carbons (Fsp3) is 0.600. The van der Waals surface area contributed by atoms with Crippen LogP contribution in [0.3, 0.4) is 0 Å². The van der Waals surface area contributed by atoms with Crippen molar-refractivity contribution in [2.45, 2.75) is 27.7 Å². The van der Waals surface area contributed by atoms with Crippen LogP contribution in [0.25, 0.3) is 0 Å². The molecule has 0 rings (SSSR count). The molecule has 16 heteroatoms. The summed E-state index contributed by atoms with van der Waals surface area (Å²) in [6.07, 6.45) is 0. The zero-order chi connectivity index (χ0) is 17.7. The van der Waals surface area contributed by atoms with Gasteiger partial charge in [-0.05, 0) is 0 Å². The van der Waals surface area contributed by atoms with Crippen molar-refractivity contribution in [1.82, 2.24) is 0 Å². The summed E-state index contributed by atoms with van der Waals surface area (Å²) in [5.74, 6) is -3.33. The molecule has 26 heavy (non-hydrogen) atoms. The van der Waals surface area contributed by atoms with E-state index in [0.29, 0.717) is 13.1 Å². The van der Waals surface area contributed by atoms with Gasteiger partial charge in [0.05, 0.1) is 0 Å². The molecule has 0 bridgehead atoms. The second-order valence-electron chi connectivity index (χ2n) is 2.65. The van der Waals surface area contributed by atoms with E-state index in [4.69, 9.17) is 51.1 Å². The molecule has 0 atom stereocenters. The number of nitrogens with two attached hydrogens (primary N) is 2. The van der Waals surface area contributed by atoms with Gasteiger partial charge >= 0.3 is 0 Å². The molecule has 4 radical (unpaired) electrons. The molecular formula is C10H28N2Na4O10. The van der Waals surface area contributed by atoms with Crippen LogP contribution in [0.4, 0.5) is 0 Å². The number of hydrogen-bond donors (Lipinski definition) is 6. The second kappa shape index (κ2) is 71.5. The molecule has 0 unspecified atom stereocenters. The van der Waals surface area contributed by atoms with E-state index in [1.165, 1.54) is 0 Å². The molecule has 0 saturated heterocycles. The van der Waals surface area contributed by atoms with E-state index >= 15 is 0 Å². The maximum Gasteiger partial charge on any atom is 0.300 e. The Kier molecular flexibility index (Phi) is 195. The molecular weight excluding hydrogens is 400 g/mol. The average molecular weight is 428 g/mol. The van der Waals surface area contributed by atoms with E-state index < -0.39 is 23.9 Å². The van der Waals surface area contributed by atoms with Crippen molar-refractivity contribution in [1.29, 1.82) is 0 Å². The van der Waals surface area contributed by atoms with Gasteiger partial charge in [-0.2, -0.15) is 0 Å². The number of carboxylic acids is 4. The summed E-state index contributed by atoms with van der Waals surface area (Å²) in [6, 6.07) is 0. The van der Waals surface area contributed by atoms with Crippen LogP contribution in [0.15, 0.2) is 0 Å². The van der Waals surface area contributed by atoms with Gasteiger partial charge in [-0.1, -0.05) is 0 Å². The van der Waals surface area contributed by atoms with Crippen LogP contribution in [0.2, 0.25) is 0 Å². The first kappa shape index (κ1) is 70.8. The summed E-state index contributed by atoms with van der Waals surface area (Å²) < 4.78 is 0. The van der Waals surface area contributed by atoms with Gasteiger partial charge in [0.1, 0.15) is 0 Å². The fourth-order valence-corrected chi connectivity index (χ4v) is 0. The Morgan fingerprint density at radius 2 is 0.577 bits per heavy atom. The topological polar surface area (TPSA) is 264 Å². The number of hydrogen-bond acceptors (Lipinski definition) is 6. The standard InChI is InChI=1S/C2H8N2.4C2H4O2.4Na.2H2O/c3-1-2-4;4*1-2(3)4;;;;;;/h1-4H2;4*1H3,(H,3,4);;;;;2*1H2. The molecule has 0 aromatic rings. The minimum absolute atomic E-state index is 0. The van der Waals surface area contributed by atoms with Gasteiger partial charge in [0.25, 0.3) is 23.9 Å². The predicted octanol–water partition coefficient (Wildman–Crippen LogP) is -3.91. The predicted molar refractivity (Wildman–Crippen MR) is 102 cm³/mol. The summed E-state index contributed by atoms with van der Waals surface area (Å²) in [7, 11) is 0. The molecule has 0 aromatic carbocycles. The molecule has 12 N–H and O–H groups in total. The molecule has 0 aliphatic heterocycles. The number of carboxylic acid groups (broad SMARTS) is 4. The van der Waals surface area contributed by atoms with Crippen molar-refractivity contribution in [2.75, 3.05) is 13.1 Å². The van der Waals surface area contributed by atoms with E-state index in [9.17, 15) is 0 Å². The Morgan fingerprint density at radius 1 is 0.538 bits per heavy atom. The Morgan fingerprint density at radius 3 is 0.577 bits per heavy atom. The van der Waals surface area contributed by atoms with E-state index in [0.717, 1.165) is 27.7 Å². The molecule has 0 aromatic heterocycles. The van der Waals surface area contributed by atoms with E-state index in [1.807, 2.05) is 0 Å². The van der Waals surface area contributed by atoms with Gasteiger partial charge in [0.2, 0.25) is 0 Å². The normalized spacial score (nSPS) is 5.00. The maximum absolute atomic E-state index is 9.00. The van der Waals surface area contributed by atoms with Gasteiger partial charge in [-0.25, -0.2) is 0 Å². The Balaban J connectivity index is -0.0000000114. The van der Waals surface area contributed by atoms with Gasteiger partial charge < -0.3 is 42.8 Å². The molecule has 12 nitrogen and oxygen atoms in total. The quantitative estimate of drug-likeness (QED) is 0.221. The van der Waals surface area contributed by atoms with Gasteiger partial charge in [0, 0.05) is 159 Å². The molecule has 0 fully saturated rings. The van der Waals surface area contributed by atoms with Crippen LogP contribution < -0.4 is 11.5 Å². The first-order valence-electron chi connectivity index (χ1n) is 5.03. The largest absolute Gasteiger partial charge is 0.481 e. The van der Waals surface area contributed by atoms with Crippen molar-refractivity contribution in [3.63, 3.8) is 0 Å². The molecule has 0 aliphatic carbocycles. The first-order valence-corrected chi connectivity index (χ1v) is 5.03. The third-order valence-corrected chi connectivity index (χ3v) is 0.167. The number of aliphatic carboxylic acids is 4. The summed E-state index contributed by atoms with van der Waals surface area (Å²) in [5.41, 5.74) is 9.81. The van der Waals surface area contributed by atoms with Gasteiger partial charge in [0.15, 0.2) is 0 Å². The monoisotopic (exact) mass is 428 g/mol. The van der Waals surface area contributed by atoms with Crippen LogP contribution in [-0.2, 0) is 19.2 Å². The van der Waals surface area contributed by atoms with Crippen LogP contribution in [0, 0.1) is 0 Å².